The first kappa shape index (κ1) is 20.0. The summed E-state index contributed by atoms with van der Waals surface area (Å²) in [5.74, 6) is 0. The van der Waals surface area contributed by atoms with Crippen LogP contribution in [0.2, 0.25) is 5.02 Å². The van der Waals surface area contributed by atoms with Crippen molar-refractivity contribution in [3.8, 4) is 0 Å². The minimum Gasteiger partial charge on any atom is -0.378 e. The van der Waals surface area contributed by atoms with E-state index in [-0.39, 0.29) is 12.1 Å². The van der Waals surface area contributed by atoms with E-state index in [2.05, 4.69) is 44.7 Å². The molecule has 2 aliphatic rings. The van der Waals surface area contributed by atoms with Crippen molar-refractivity contribution in [3.05, 3.63) is 59.1 Å². The lowest BCUT2D eigenvalue weighted by Crippen LogP contribution is -2.40. The van der Waals surface area contributed by atoms with E-state index in [0.717, 1.165) is 50.5 Å². The number of likely N-dealkylation sites (tertiary alicyclic amines) is 1. The number of carbonyl (C=O) groups is 1. The number of morpholine rings is 1. The highest BCUT2D eigenvalue weighted by Crippen LogP contribution is 2.30. The van der Waals surface area contributed by atoms with Gasteiger partial charge in [0.2, 0.25) is 0 Å². The molecular weight excluding hydrogens is 388 g/mol. The lowest BCUT2D eigenvalue weighted by atomic mass is 10.2. The van der Waals surface area contributed by atoms with E-state index < -0.39 is 0 Å². The Morgan fingerprint density at radius 2 is 1.90 bits per heavy atom. The summed E-state index contributed by atoms with van der Waals surface area (Å²) in [4.78, 5) is 17.2. The van der Waals surface area contributed by atoms with Crippen LogP contribution in [0.3, 0.4) is 0 Å². The Morgan fingerprint density at radius 1 is 1.10 bits per heavy atom. The third kappa shape index (κ3) is 5.41. The highest BCUT2D eigenvalue weighted by Gasteiger charge is 2.24. The summed E-state index contributed by atoms with van der Waals surface area (Å²) in [5.41, 5.74) is 3.01. The van der Waals surface area contributed by atoms with Gasteiger partial charge in [-0.15, -0.1) is 0 Å². The Hall–Kier alpha value is -2.28. The Morgan fingerprint density at radius 3 is 2.69 bits per heavy atom. The summed E-state index contributed by atoms with van der Waals surface area (Å²) in [5, 5.41) is 6.72. The van der Waals surface area contributed by atoms with Gasteiger partial charge in [-0.3, -0.25) is 4.90 Å². The normalized spacial score (nSPS) is 19.9. The van der Waals surface area contributed by atoms with Crippen LogP contribution in [0.1, 0.15) is 12.0 Å². The van der Waals surface area contributed by atoms with Crippen LogP contribution in [-0.2, 0) is 11.3 Å². The fraction of sp³-hybridized carbons (Fsp3) is 0.409. The van der Waals surface area contributed by atoms with Gasteiger partial charge in [0.05, 0.1) is 24.6 Å². The van der Waals surface area contributed by atoms with E-state index in [1.807, 2.05) is 24.3 Å². The first-order valence-electron chi connectivity index (χ1n) is 10.1. The summed E-state index contributed by atoms with van der Waals surface area (Å²) < 4.78 is 5.44. The number of carbonyl (C=O) groups excluding carboxylic acids is 1. The number of hydrogen-bond acceptors (Lipinski definition) is 4. The maximum absolute atomic E-state index is 12.7. The second-order valence-electron chi connectivity index (χ2n) is 7.57. The molecule has 0 aliphatic carbocycles. The highest BCUT2D eigenvalue weighted by molar-refractivity contribution is 6.31. The zero-order valence-corrected chi connectivity index (χ0v) is 17.2. The lowest BCUT2D eigenvalue weighted by molar-refractivity contribution is 0.123. The molecule has 4 rings (SSSR count). The fourth-order valence-electron chi connectivity index (χ4n) is 3.97. The molecule has 6 nitrogen and oxygen atoms in total. The van der Waals surface area contributed by atoms with Gasteiger partial charge in [0.25, 0.3) is 0 Å². The predicted molar refractivity (Wildman–Crippen MR) is 117 cm³/mol. The minimum absolute atomic E-state index is 0.143. The molecule has 2 fully saturated rings. The molecule has 154 valence electrons. The van der Waals surface area contributed by atoms with Crippen molar-refractivity contribution in [2.45, 2.75) is 19.0 Å². The van der Waals surface area contributed by atoms with Crippen molar-refractivity contribution >= 4 is 29.0 Å². The molecule has 0 spiro atoms. The SMILES string of the molecule is O=C(Nc1cc(Cl)ccc1N1CCOCC1)N[C@@H]1CCN(Cc2ccccc2)C1. The molecule has 0 aromatic heterocycles. The van der Waals surface area contributed by atoms with E-state index in [0.29, 0.717) is 18.2 Å². The molecule has 0 unspecified atom stereocenters. The van der Waals surface area contributed by atoms with Crippen LogP contribution in [0.25, 0.3) is 0 Å². The van der Waals surface area contributed by atoms with E-state index in [1.54, 1.807) is 0 Å². The molecule has 2 N–H and O–H groups in total. The molecule has 7 heteroatoms. The number of benzene rings is 2. The van der Waals surface area contributed by atoms with Gasteiger partial charge in [-0.25, -0.2) is 4.79 Å². The van der Waals surface area contributed by atoms with Crippen LogP contribution in [0.15, 0.2) is 48.5 Å². The second kappa shape index (κ2) is 9.48. The first-order valence-corrected chi connectivity index (χ1v) is 10.5. The zero-order chi connectivity index (χ0) is 20.1. The highest BCUT2D eigenvalue weighted by atomic mass is 35.5. The lowest BCUT2D eigenvalue weighted by Gasteiger charge is -2.30. The molecule has 2 amide bonds. The molecule has 2 aromatic rings. The van der Waals surface area contributed by atoms with Gasteiger partial charge in [0.1, 0.15) is 0 Å². The number of nitrogens with zero attached hydrogens (tertiary/aromatic N) is 2. The molecule has 2 saturated heterocycles. The van der Waals surface area contributed by atoms with E-state index in [1.165, 1.54) is 5.56 Å². The maximum Gasteiger partial charge on any atom is 0.319 e. The molecule has 0 saturated carbocycles. The Labute approximate surface area is 176 Å². The maximum atomic E-state index is 12.7. The van der Waals surface area contributed by atoms with Crippen LogP contribution in [0.4, 0.5) is 16.2 Å². The largest absolute Gasteiger partial charge is 0.378 e. The topological polar surface area (TPSA) is 56.8 Å². The van der Waals surface area contributed by atoms with Crippen molar-refractivity contribution in [1.29, 1.82) is 0 Å². The summed E-state index contributed by atoms with van der Waals surface area (Å²) >= 11 is 6.18. The van der Waals surface area contributed by atoms with Crippen LogP contribution in [-0.4, -0.2) is 56.4 Å². The van der Waals surface area contributed by atoms with Crippen molar-refractivity contribution in [2.75, 3.05) is 49.6 Å². The molecule has 0 radical (unpaired) electrons. The third-order valence-electron chi connectivity index (χ3n) is 5.42. The zero-order valence-electron chi connectivity index (χ0n) is 16.4. The number of ether oxygens (including phenoxy) is 1. The average Bonchev–Trinajstić information content (AvgIpc) is 3.16. The predicted octanol–water partition coefficient (Wildman–Crippen LogP) is 3.57. The van der Waals surface area contributed by atoms with Gasteiger partial charge in [-0.1, -0.05) is 41.9 Å². The van der Waals surface area contributed by atoms with Crippen LogP contribution >= 0.6 is 11.6 Å². The van der Waals surface area contributed by atoms with E-state index >= 15 is 0 Å². The first-order chi connectivity index (χ1) is 14.2. The number of halogens is 1. The summed E-state index contributed by atoms with van der Waals surface area (Å²) in [7, 11) is 0. The second-order valence-corrected chi connectivity index (χ2v) is 8.00. The van der Waals surface area contributed by atoms with E-state index in [9.17, 15) is 4.79 Å². The van der Waals surface area contributed by atoms with Gasteiger partial charge in [0.15, 0.2) is 0 Å². The van der Waals surface area contributed by atoms with Crippen molar-refractivity contribution in [2.24, 2.45) is 0 Å². The quantitative estimate of drug-likeness (QED) is 0.785. The van der Waals surface area contributed by atoms with Crippen molar-refractivity contribution in [1.82, 2.24) is 10.2 Å². The molecule has 2 heterocycles. The Bertz CT molecular complexity index is 827. The van der Waals surface area contributed by atoms with Gasteiger partial charge in [0, 0.05) is 43.8 Å². The van der Waals surface area contributed by atoms with Crippen molar-refractivity contribution in [3.63, 3.8) is 0 Å². The fourth-order valence-corrected chi connectivity index (χ4v) is 4.14. The number of urea groups is 1. The molecule has 1 atom stereocenters. The monoisotopic (exact) mass is 414 g/mol. The van der Waals surface area contributed by atoms with Gasteiger partial charge in [-0.05, 0) is 30.2 Å². The molecular formula is C22H27ClN4O2. The van der Waals surface area contributed by atoms with Crippen LogP contribution in [0.5, 0.6) is 0 Å². The van der Waals surface area contributed by atoms with Gasteiger partial charge >= 0.3 is 6.03 Å². The summed E-state index contributed by atoms with van der Waals surface area (Å²) in [6.45, 7) is 5.73. The van der Waals surface area contributed by atoms with Crippen molar-refractivity contribution < 1.29 is 9.53 Å². The number of rotatable bonds is 5. The number of amides is 2. The minimum atomic E-state index is -0.187. The molecule has 2 aromatic carbocycles. The van der Waals surface area contributed by atoms with Crippen LogP contribution in [0, 0.1) is 0 Å². The number of nitrogens with one attached hydrogen (secondary N) is 2. The van der Waals surface area contributed by atoms with E-state index in [4.69, 9.17) is 16.3 Å². The number of anilines is 2. The Balaban J connectivity index is 1.33. The standard InChI is InChI=1S/C22H27ClN4O2/c23-18-6-7-21(27-10-12-29-13-11-27)20(14-18)25-22(28)24-19-8-9-26(16-19)15-17-4-2-1-3-5-17/h1-7,14,19H,8-13,15-16H2,(H2,24,25,28)/t19-/m1/s1. The molecule has 0 bridgehead atoms. The van der Waals surface area contributed by atoms with Gasteiger partial charge < -0.3 is 20.3 Å². The molecule has 29 heavy (non-hydrogen) atoms. The average molecular weight is 415 g/mol. The van der Waals surface area contributed by atoms with Gasteiger partial charge in [-0.2, -0.15) is 0 Å². The molecule has 2 aliphatic heterocycles. The smallest absolute Gasteiger partial charge is 0.319 e. The van der Waals surface area contributed by atoms with Crippen LogP contribution < -0.4 is 15.5 Å². The Kier molecular flexibility index (Phi) is 6.54. The number of hydrogen-bond donors (Lipinski definition) is 2. The third-order valence-corrected chi connectivity index (χ3v) is 5.65. The summed E-state index contributed by atoms with van der Waals surface area (Å²) in [6, 6.07) is 16.0. The summed E-state index contributed by atoms with van der Waals surface area (Å²) in [6.07, 6.45) is 0.951.